The van der Waals surface area contributed by atoms with Crippen LogP contribution in [0.4, 0.5) is 0 Å². The first-order chi connectivity index (χ1) is 17.1. The molecule has 1 fully saturated rings. The molecule has 1 N–H and O–H groups in total. The number of aromatic nitrogens is 3. The number of carbonyl (C=O) groups is 2. The molecule has 187 valence electrons. The molecule has 0 atom stereocenters. The number of nitriles is 1. The van der Waals surface area contributed by atoms with E-state index in [1.54, 1.807) is 11.1 Å². The molecule has 8 nitrogen and oxygen atoms in total. The molecule has 1 saturated heterocycles. The zero-order chi connectivity index (χ0) is 24.4. The maximum Gasteiger partial charge on any atom is 0.295 e. The Bertz CT molecular complexity index is 1490. The smallest absolute Gasteiger partial charge is 0.295 e. The molecule has 1 aromatic carbocycles. The van der Waals surface area contributed by atoms with Crippen molar-refractivity contribution in [1.82, 2.24) is 19.9 Å². The molecule has 1 aliphatic rings. The number of ketones is 1. The zero-order valence-electron chi connectivity index (χ0n) is 20.4. The summed E-state index contributed by atoms with van der Waals surface area (Å²) in [5, 5.41) is 13.8. The van der Waals surface area contributed by atoms with Crippen LogP contribution in [0.25, 0.3) is 27.2 Å². The summed E-state index contributed by atoms with van der Waals surface area (Å²) in [5.74, 6) is -0.799. The molecule has 1 amide bonds. The van der Waals surface area contributed by atoms with Gasteiger partial charge in [0.2, 0.25) is 0 Å². The molecule has 5 rings (SSSR count). The number of rotatable bonds is 5. The Labute approximate surface area is 245 Å². The Hall–Kier alpha value is -3.19. The van der Waals surface area contributed by atoms with Gasteiger partial charge < -0.3 is 38.4 Å². The summed E-state index contributed by atoms with van der Waals surface area (Å²) < 4.78 is 5.45. The summed E-state index contributed by atoms with van der Waals surface area (Å²) in [7, 11) is 1.49. The number of methoxy groups -OCH3 is 1. The number of amides is 1. The molecule has 37 heavy (non-hydrogen) atoms. The first-order valence-electron chi connectivity index (χ1n) is 11.0. The summed E-state index contributed by atoms with van der Waals surface area (Å²) in [4.78, 5) is 39.8. The third-order valence-corrected chi connectivity index (χ3v) is 6.82. The van der Waals surface area contributed by atoms with Gasteiger partial charge in [-0.2, -0.15) is 10.6 Å². The zero-order valence-corrected chi connectivity index (χ0v) is 24.1. The minimum Gasteiger partial charge on any atom is -0.494 e. The Balaban J connectivity index is 0.00000169. The van der Waals surface area contributed by atoms with Crippen LogP contribution < -0.4 is 4.74 Å². The van der Waals surface area contributed by atoms with Gasteiger partial charge in [-0.25, -0.2) is 0 Å². The van der Waals surface area contributed by atoms with Crippen molar-refractivity contribution in [3.63, 3.8) is 0 Å². The topological polar surface area (TPSA) is 112 Å². The number of fused-ring (bicyclic) bond motifs is 1. The number of hydrogen-bond acceptors (Lipinski definition) is 7. The van der Waals surface area contributed by atoms with E-state index in [1.165, 1.54) is 30.8 Å². The average molecular weight is 589 g/mol. The fraction of sp³-hybridized carbons (Fsp3) is 0.185. The van der Waals surface area contributed by atoms with Gasteiger partial charge in [0.15, 0.2) is 0 Å². The van der Waals surface area contributed by atoms with Crippen LogP contribution >= 0.6 is 11.3 Å². The number of H-pyrrole nitrogens is 1. The van der Waals surface area contributed by atoms with E-state index in [0.717, 1.165) is 11.1 Å². The van der Waals surface area contributed by atoms with Crippen LogP contribution in [0.2, 0.25) is 0 Å². The van der Waals surface area contributed by atoms with Crippen molar-refractivity contribution >= 4 is 39.5 Å². The number of nitrogens with zero attached hydrogens (tertiary/aromatic N) is 4. The monoisotopic (exact) mass is 588 g/mol. The van der Waals surface area contributed by atoms with Gasteiger partial charge in [-0.1, -0.05) is 36.5 Å². The fourth-order valence-corrected chi connectivity index (χ4v) is 4.93. The molecule has 4 heterocycles. The Morgan fingerprint density at radius 3 is 2.57 bits per heavy atom. The minimum atomic E-state index is -0.617. The minimum absolute atomic E-state index is 0. The van der Waals surface area contributed by atoms with Crippen LogP contribution in [0.1, 0.15) is 30.2 Å². The molecule has 4 aromatic rings. The maximum absolute atomic E-state index is 13.3. The molecular weight excluding hydrogens is 563 g/mol. The second kappa shape index (κ2) is 12.4. The van der Waals surface area contributed by atoms with E-state index < -0.39 is 11.7 Å². The number of nitrogens with one attached hydrogen (secondary N) is 1. The summed E-state index contributed by atoms with van der Waals surface area (Å²) in [6.45, 7) is 0.748. The number of Topliss-reactive ketones (excluding diaryl/α,β-unsaturated/α-hetero) is 1. The molecule has 3 aromatic heterocycles. The average Bonchev–Trinajstić information content (AvgIpc) is 3.60. The second-order valence-electron chi connectivity index (χ2n) is 7.99. The third kappa shape index (κ3) is 5.42. The first-order valence-corrected chi connectivity index (χ1v) is 11.8. The van der Waals surface area contributed by atoms with E-state index >= 15 is 0 Å². The van der Waals surface area contributed by atoms with Gasteiger partial charge in [0, 0.05) is 59.1 Å². The second-order valence-corrected chi connectivity index (χ2v) is 8.82. The number of allylic oxidation sites excluding steroid dienone is 1. The van der Waals surface area contributed by atoms with E-state index in [4.69, 9.17) is 4.74 Å². The number of pyridine rings is 1. The molecule has 1 aliphatic heterocycles. The van der Waals surface area contributed by atoms with E-state index in [1.807, 2.05) is 30.3 Å². The number of carbonyl (C=O) groups excluding carboxylic acids is 2. The summed E-state index contributed by atoms with van der Waals surface area (Å²) in [5.41, 5.74) is 3.89. The normalized spacial score (nSPS) is 12.8. The number of ether oxygens (including phenoxy) is 1. The molecule has 0 spiro atoms. The molecule has 0 unspecified atom stereocenters. The maximum atomic E-state index is 13.3. The van der Waals surface area contributed by atoms with E-state index in [0.29, 0.717) is 58.9 Å². The van der Waals surface area contributed by atoms with Crippen LogP contribution in [0.3, 0.4) is 0 Å². The van der Waals surface area contributed by atoms with Crippen LogP contribution in [0.5, 0.6) is 5.75 Å². The number of piperidine rings is 1. The van der Waals surface area contributed by atoms with Gasteiger partial charge in [0.05, 0.1) is 41.4 Å². The van der Waals surface area contributed by atoms with Crippen LogP contribution in [-0.4, -0.2) is 51.7 Å². The standard InChI is InChI=1S/C26H20N5O3S.CH3.Y.H2/c1-34-20-15-30-23(25-28-9-12-35-25)22-21(20)19(14-29-22)24(32)26(33)31-10-7-17(8-11-31)18(13-27)16-5-3-2-4-6-16;;;/h2-6,9,14-15,29H,7-8,10-11H2,1H3;1H3;;1H/q2*-1;;. The number of likely N-dealkylation sites (tertiary alicyclic amines) is 1. The van der Waals surface area contributed by atoms with Crippen molar-refractivity contribution in [2.45, 2.75) is 12.8 Å². The summed E-state index contributed by atoms with van der Waals surface area (Å²) in [6, 6.07) is 11.8. The van der Waals surface area contributed by atoms with Gasteiger partial charge in [0.1, 0.15) is 5.75 Å². The van der Waals surface area contributed by atoms with Crippen molar-refractivity contribution in [2.24, 2.45) is 0 Å². The molecule has 0 aliphatic carbocycles. The largest absolute Gasteiger partial charge is 0.494 e. The van der Waals surface area contributed by atoms with Gasteiger partial charge in [-0.3, -0.25) is 14.6 Å². The fourth-order valence-electron chi connectivity index (χ4n) is 4.36. The van der Waals surface area contributed by atoms with Crippen molar-refractivity contribution < 1.29 is 48.5 Å². The SMILES string of the molecule is COc1cnc(-c2nc[c-]s2)c2[nH]cc(C(=O)C(=O)N3CCC(=C(C#N)c4ccccc4)CC3)c12.[CH3-].[HH].[Y]. The predicted octanol–water partition coefficient (Wildman–Crippen LogP) is 4.97. The quantitative estimate of drug-likeness (QED) is 0.153. The Kier molecular flexibility index (Phi) is 9.49. The summed E-state index contributed by atoms with van der Waals surface area (Å²) in [6.07, 6.45) is 5.70. The molecule has 0 saturated carbocycles. The van der Waals surface area contributed by atoms with E-state index in [9.17, 15) is 14.9 Å². The van der Waals surface area contributed by atoms with Crippen LogP contribution in [-0.2, 0) is 37.5 Å². The van der Waals surface area contributed by atoms with E-state index in [-0.39, 0.29) is 47.1 Å². The van der Waals surface area contributed by atoms with Crippen molar-refractivity contribution in [3.05, 3.63) is 78.4 Å². The number of aromatic amines is 1. The van der Waals surface area contributed by atoms with Gasteiger partial charge in [-0.15, -0.1) is 0 Å². The van der Waals surface area contributed by atoms with Crippen LogP contribution in [0, 0.1) is 24.1 Å². The van der Waals surface area contributed by atoms with Gasteiger partial charge in [-0.05, 0) is 29.0 Å². The summed E-state index contributed by atoms with van der Waals surface area (Å²) >= 11 is 1.31. The number of thiazole rings is 1. The third-order valence-electron chi connectivity index (χ3n) is 6.11. The van der Waals surface area contributed by atoms with Crippen molar-refractivity contribution in [1.29, 1.82) is 5.26 Å². The van der Waals surface area contributed by atoms with Crippen molar-refractivity contribution in [3.8, 4) is 22.5 Å². The molecule has 0 bridgehead atoms. The number of hydrogen-bond donors (Lipinski definition) is 1. The molecular formula is C27H25N5O3SY-2. The van der Waals surface area contributed by atoms with E-state index in [2.05, 4.69) is 26.4 Å². The van der Waals surface area contributed by atoms with Crippen LogP contribution in [0.15, 0.2) is 54.5 Å². The predicted molar refractivity (Wildman–Crippen MR) is 140 cm³/mol. The first kappa shape index (κ1) is 28.4. The number of benzene rings is 1. The molecule has 1 radical (unpaired) electrons. The Morgan fingerprint density at radius 1 is 1.22 bits per heavy atom. The van der Waals surface area contributed by atoms with Gasteiger partial charge >= 0.3 is 0 Å². The van der Waals surface area contributed by atoms with Gasteiger partial charge in [0.25, 0.3) is 11.7 Å². The molecule has 10 heteroatoms. The van der Waals surface area contributed by atoms with Crippen molar-refractivity contribution in [2.75, 3.05) is 20.2 Å². The Morgan fingerprint density at radius 2 is 1.95 bits per heavy atom.